The highest BCUT2D eigenvalue weighted by Crippen LogP contribution is 2.04. The standard InChI is InChI=1S/C9H18N2O.ClH/c1-2-3-6-11-9(12)8-5-4-7-10-8;/h8,10H,2-7H2,1H3,(H,11,12);1H. The summed E-state index contributed by atoms with van der Waals surface area (Å²) in [5.41, 5.74) is 0. The van der Waals surface area contributed by atoms with Crippen LogP contribution in [0.5, 0.6) is 0 Å². The largest absolute Gasteiger partial charge is 0.355 e. The number of amides is 1. The van der Waals surface area contributed by atoms with Crippen molar-refractivity contribution in [3.8, 4) is 0 Å². The van der Waals surface area contributed by atoms with Gasteiger partial charge >= 0.3 is 0 Å². The van der Waals surface area contributed by atoms with Crippen LogP contribution >= 0.6 is 12.4 Å². The molecule has 1 rings (SSSR count). The second-order valence-corrected chi connectivity index (χ2v) is 3.29. The van der Waals surface area contributed by atoms with Crippen LogP contribution in [0.4, 0.5) is 0 Å². The third-order valence-electron chi connectivity index (χ3n) is 2.21. The van der Waals surface area contributed by atoms with Gasteiger partial charge in [-0.15, -0.1) is 12.4 Å². The average molecular weight is 207 g/mol. The highest BCUT2D eigenvalue weighted by atomic mass is 35.5. The minimum absolute atomic E-state index is 0. The van der Waals surface area contributed by atoms with Crippen molar-refractivity contribution in [1.82, 2.24) is 10.6 Å². The molecule has 0 aromatic heterocycles. The quantitative estimate of drug-likeness (QED) is 0.676. The van der Waals surface area contributed by atoms with Crippen LogP contribution in [0.2, 0.25) is 0 Å². The lowest BCUT2D eigenvalue weighted by molar-refractivity contribution is -0.122. The molecule has 0 radical (unpaired) electrons. The summed E-state index contributed by atoms with van der Waals surface area (Å²) in [5.74, 6) is 0.181. The van der Waals surface area contributed by atoms with E-state index < -0.39 is 0 Å². The van der Waals surface area contributed by atoms with Gasteiger partial charge in [0, 0.05) is 6.54 Å². The molecular weight excluding hydrogens is 188 g/mol. The molecule has 1 aliphatic rings. The minimum Gasteiger partial charge on any atom is -0.355 e. The fraction of sp³-hybridized carbons (Fsp3) is 0.889. The monoisotopic (exact) mass is 206 g/mol. The number of rotatable bonds is 4. The Bertz CT molecular complexity index is 147. The van der Waals surface area contributed by atoms with E-state index in [1.54, 1.807) is 0 Å². The Labute approximate surface area is 86.1 Å². The summed E-state index contributed by atoms with van der Waals surface area (Å²) in [6.07, 6.45) is 4.35. The molecule has 1 heterocycles. The Hall–Kier alpha value is -0.280. The van der Waals surface area contributed by atoms with Crippen LogP contribution in [0.1, 0.15) is 32.6 Å². The first-order valence-corrected chi connectivity index (χ1v) is 4.85. The van der Waals surface area contributed by atoms with Gasteiger partial charge in [0.05, 0.1) is 6.04 Å². The molecule has 0 spiro atoms. The molecule has 0 aromatic rings. The molecule has 1 atom stereocenters. The number of nitrogens with one attached hydrogen (secondary N) is 2. The molecule has 0 aromatic carbocycles. The van der Waals surface area contributed by atoms with Crippen LogP contribution in [0.25, 0.3) is 0 Å². The molecule has 4 heteroatoms. The molecule has 13 heavy (non-hydrogen) atoms. The zero-order valence-corrected chi connectivity index (χ0v) is 8.95. The van der Waals surface area contributed by atoms with E-state index in [0.29, 0.717) is 0 Å². The van der Waals surface area contributed by atoms with E-state index in [1.165, 1.54) is 0 Å². The maximum absolute atomic E-state index is 11.3. The Kier molecular flexibility index (Phi) is 7.00. The summed E-state index contributed by atoms with van der Waals surface area (Å²) < 4.78 is 0. The number of carbonyl (C=O) groups excluding carboxylic acids is 1. The van der Waals surface area contributed by atoms with Gasteiger partial charge in [-0.05, 0) is 25.8 Å². The van der Waals surface area contributed by atoms with Gasteiger partial charge in [0.2, 0.25) is 5.91 Å². The molecule has 0 bridgehead atoms. The van der Waals surface area contributed by atoms with Gasteiger partial charge in [-0.25, -0.2) is 0 Å². The van der Waals surface area contributed by atoms with Crippen molar-refractivity contribution in [2.75, 3.05) is 13.1 Å². The summed E-state index contributed by atoms with van der Waals surface area (Å²) in [7, 11) is 0. The number of hydrogen-bond donors (Lipinski definition) is 2. The smallest absolute Gasteiger partial charge is 0.237 e. The molecule has 1 fully saturated rings. The highest BCUT2D eigenvalue weighted by molar-refractivity contribution is 5.85. The molecule has 1 unspecified atom stereocenters. The topological polar surface area (TPSA) is 41.1 Å². The molecule has 1 amide bonds. The lowest BCUT2D eigenvalue weighted by atomic mass is 10.2. The average Bonchev–Trinajstić information content (AvgIpc) is 2.56. The molecule has 0 aliphatic carbocycles. The van der Waals surface area contributed by atoms with Crippen LogP contribution in [0.3, 0.4) is 0 Å². The van der Waals surface area contributed by atoms with Crippen molar-refractivity contribution in [3.63, 3.8) is 0 Å². The summed E-state index contributed by atoms with van der Waals surface area (Å²) in [4.78, 5) is 11.3. The van der Waals surface area contributed by atoms with Crippen LogP contribution in [0.15, 0.2) is 0 Å². The molecule has 3 nitrogen and oxygen atoms in total. The first-order valence-electron chi connectivity index (χ1n) is 4.85. The van der Waals surface area contributed by atoms with Crippen LogP contribution in [0, 0.1) is 0 Å². The maximum Gasteiger partial charge on any atom is 0.237 e. The van der Waals surface area contributed by atoms with Crippen molar-refractivity contribution in [1.29, 1.82) is 0 Å². The molecule has 1 aliphatic heterocycles. The molecular formula is C9H19ClN2O. The normalized spacial score (nSPS) is 20.8. The third-order valence-corrected chi connectivity index (χ3v) is 2.21. The van der Waals surface area contributed by atoms with E-state index >= 15 is 0 Å². The Morgan fingerprint density at radius 3 is 2.92 bits per heavy atom. The van der Waals surface area contributed by atoms with E-state index in [1.807, 2.05) is 0 Å². The van der Waals surface area contributed by atoms with Crippen LogP contribution in [-0.4, -0.2) is 25.0 Å². The number of halogens is 1. The maximum atomic E-state index is 11.3. The second kappa shape index (κ2) is 7.15. The lowest BCUT2D eigenvalue weighted by Gasteiger charge is -2.09. The predicted octanol–water partition coefficient (Wildman–Crippen LogP) is 1.08. The number of hydrogen-bond acceptors (Lipinski definition) is 2. The SMILES string of the molecule is CCCCNC(=O)C1CCCN1.Cl. The Morgan fingerprint density at radius 1 is 1.62 bits per heavy atom. The van der Waals surface area contributed by atoms with E-state index in [4.69, 9.17) is 0 Å². The van der Waals surface area contributed by atoms with Gasteiger partial charge in [0.25, 0.3) is 0 Å². The second-order valence-electron chi connectivity index (χ2n) is 3.29. The first kappa shape index (κ1) is 12.7. The highest BCUT2D eigenvalue weighted by Gasteiger charge is 2.20. The van der Waals surface area contributed by atoms with E-state index in [0.717, 1.165) is 38.8 Å². The van der Waals surface area contributed by atoms with Crippen molar-refractivity contribution < 1.29 is 4.79 Å². The van der Waals surface area contributed by atoms with Crippen molar-refractivity contribution >= 4 is 18.3 Å². The summed E-state index contributed by atoms with van der Waals surface area (Å²) in [6.45, 7) is 3.94. The van der Waals surface area contributed by atoms with Gasteiger partial charge in [0.1, 0.15) is 0 Å². The number of unbranched alkanes of at least 4 members (excludes halogenated alkanes) is 1. The predicted molar refractivity (Wildman–Crippen MR) is 56.2 cm³/mol. The van der Waals surface area contributed by atoms with Gasteiger partial charge < -0.3 is 10.6 Å². The van der Waals surface area contributed by atoms with Crippen LogP contribution in [-0.2, 0) is 4.79 Å². The number of carbonyl (C=O) groups is 1. The fourth-order valence-corrected chi connectivity index (χ4v) is 1.42. The van der Waals surface area contributed by atoms with Crippen molar-refractivity contribution in [2.45, 2.75) is 38.6 Å². The van der Waals surface area contributed by atoms with Gasteiger partial charge in [-0.3, -0.25) is 4.79 Å². The molecule has 2 N–H and O–H groups in total. The summed E-state index contributed by atoms with van der Waals surface area (Å²) in [5, 5.41) is 6.10. The Balaban J connectivity index is 0.00000144. The van der Waals surface area contributed by atoms with Crippen molar-refractivity contribution in [2.24, 2.45) is 0 Å². The molecule has 0 saturated carbocycles. The van der Waals surface area contributed by atoms with Crippen molar-refractivity contribution in [3.05, 3.63) is 0 Å². The van der Waals surface area contributed by atoms with E-state index in [9.17, 15) is 4.79 Å². The van der Waals surface area contributed by atoms with Gasteiger partial charge in [-0.2, -0.15) is 0 Å². The van der Waals surface area contributed by atoms with Gasteiger partial charge in [0.15, 0.2) is 0 Å². The summed E-state index contributed by atoms with van der Waals surface area (Å²) in [6, 6.07) is 0.0851. The van der Waals surface area contributed by atoms with Gasteiger partial charge in [-0.1, -0.05) is 13.3 Å². The third kappa shape index (κ3) is 4.48. The lowest BCUT2D eigenvalue weighted by Crippen LogP contribution is -2.40. The first-order chi connectivity index (χ1) is 5.84. The van der Waals surface area contributed by atoms with Crippen LogP contribution < -0.4 is 10.6 Å². The fourth-order valence-electron chi connectivity index (χ4n) is 1.42. The zero-order valence-electron chi connectivity index (χ0n) is 8.14. The van der Waals surface area contributed by atoms with E-state index in [-0.39, 0.29) is 24.4 Å². The zero-order chi connectivity index (χ0) is 8.81. The summed E-state index contributed by atoms with van der Waals surface area (Å²) >= 11 is 0. The Morgan fingerprint density at radius 2 is 2.38 bits per heavy atom. The molecule has 78 valence electrons. The minimum atomic E-state index is 0. The van der Waals surface area contributed by atoms with E-state index in [2.05, 4.69) is 17.6 Å². The molecule has 1 saturated heterocycles.